The summed E-state index contributed by atoms with van der Waals surface area (Å²) in [6, 6.07) is 0. The van der Waals surface area contributed by atoms with Crippen LogP contribution in [-0.2, 0) is 0 Å². The summed E-state index contributed by atoms with van der Waals surface area (Å²) < 4.78 is 0. The van der Waals surface area contributed by atoms with Crippen LogP contribution in [0.5, 0.6) is 0 Å². The van der Waals surface area contributed by atoms with E-state index in [0.29, 0.717) is 0 Å². The van der Waals surface area contributed by atoms with Crippen LogP contribution < -0.4 is 5.84 Å². The highest BCUT2D eigenvalue weighted by molar-refractivity contribution is 4.67. The predicted octanol–water partition coefficient (Wildman–Crippen LogP) is 1.30. The quantitative estimate of drug-likeness (QED) is 0.535. The third-order valence-corrected chi connectivity index (χ3v) is 2.91. The smallest absolute Gasteiger partial charge is 0.0257 e. The molecular formula is C11H25N3. The molecular weight excluding hydrogens is 174 g/mol. The number of hydrogen-bond donors (Lipinski definition) is 1. The number of nitrogens with two attached hydrogens (primary N) is 1. The van der Waals surface area contributed by atoms with E-state index in [1.165, 1.54) is 25.8 Å². The van der Waals surface area contributed by atoms with Gasteiger partial charge in [-0.3, -0.25) is 5.84 Å². The van der Waals surface area contributed by atoms with Crippen LogP contribution in [0.25, 0.3) is 0 Å². The average Bonchev–Trinajstić information content (AvgIpc) is 2.15. The zero-order chi connectivity index (χ0) is 10.4. The van der Waals surface area contributed by atoms with Crippen molar-refractivity contribution < 1.29 is 0 Å². The molecule has 84 valence electrons. The SMILES string of the molecule is CC(C)CCCCN1CCN(N)CC1. The van der Waals surface area contributed by atoms with Crippen molar-refractivity contribution >= 4 is 0 Å². The highest BCUT2D eigenvalue weighted by Crippen LogP contribution is 2.07. The second-order valence-corrected chi connectivity index (χ2v) is 4.77. The third kappa shape index (κ3) is 4.94. The van der Waals surface area contributed by atoms with E-state index in [1.807, 2.05) is 5.01 Å². The first kappa shape index (κ1) is 12.0. The topological polar surface area (TPSA) is 32.5 Å². The van der Waals surface area contributed by atoms with E-state index in [0.717, 1.165) is 32.1 Å². The fourth-order valence-corrected chi connectivity index (χ4v) is 1.87. The fraction of sp³-hybridized carbons (Fsp3) is 1.00. The Bertz CT molecular complexity index is 139. The van der Waals surface area contributed by atoms with E-state index >= 15 is 0 Å². The van der Waals surface area contributed by atoms with Gasteiger partial charge in [-0.1, -0.05) is 26.7 Å². The van der Waals surface area contributed by atoms with Gasteiger partial charge < -0.3 is 4.90 Å². The molecule has 1 rings (SSSR count). The van der Waals surface area contributed by atoms with Gasteiger partial charge in [-0.05, 0) is 18.9 Å². The Labute approximate surface area is 88.2 Å². The molecule has 3 heteroatoms. The summed E-state index contributed by atoms with van der Waals surface area (Å²) in [6.07, 6.45) is 4.10. The number of hydrazine groups is 1. The van der Waals surface area contributed by atoms with Gasteiger partial charge in [0.25, 0.3) is 0 Å². The summed E-state index contributed by atoms with van der Waals surface area (Å²) in [4.78, 5) is 2.53. The first-order valence-corrected chi connectivity index (χ1v) is 5.90. The molecule has 0 aromatic carbocycles. The van der Waals surface area contributed by atoms with Gasteiger partial charge in [-0.2, -0.15) is 0 Å². The second kappa shape index (κ2) is 6.38. The van der Waals surface area contributed by atoms with E-state index in [9.17, 15) is 0 Å². The third-order valence-electron chi connectivity index (χ3n) is 2.91. The summed E-state index contributed by atoms with van der Waals surface area (Å²) >= 11 is 0. The normalized spacial score (nSPS) is 20.6. The van der Waals surface area contributed by atoms with Crippen LogP contribution in [0.2, 0.25) is 0 Å². The molecule has 0 aliphatic carbocycles. The van der Waals surface area contributed by atoms with E-state index in [4.69, 9.17) is 5.84 Å². The first-order valence-electron chi connectivity index (χ1n) is 5.90. The van der Waals surface area contributed by atoms with Gasteiger partial charge >= 0.3 is 0 Å². The monoisotopic (exact) mass is 199 g/mol. The minimum absolute atomic E-state index is 0.857. The maximum atomic E-state index is 5.70. The van der Waals surface area contributed by atoms with Gasteiger partial charge in [0.1, 0.15) is 0 Å². The van der Waals surface area contributed by atoms with E-state index in [2.05, 4.69) is 18.7 Å². The molecule has 0 radical (unpaired) electrons. The number of rotatable bonds is 5. The van der Waals surface area contributed by atoms with Crippen molar-refractivity contribution in [2.75, 3.05) is 32.7 Å². The van der Waals surface area contributed by atoms with Crippen molar-refractivity contribution in [1.29, 1.82) is 0 Å². The van der Waals surface area contributed by atoms with E-state index in [1.54, 1.807) is 0 Å². The first-order chi connectivity index (χ1) is 6.68. The summed E-state index contributed by atoms with van der Waals surface area (Å²) in [5.41, 5.74) is 0. The van der Waals surface area contributed by atoms with Crippen molar-refractivity contribution in [3.05, 3.63) is 0 Å². The van der Waals surface area contributed by atoms with Gasteiger partial charge in [-0.25, -0.2) is 5.01 Å². The lowest BCUT2D eigenvalue weighted by Crippen LogP contribution is -2.49. The summed E-state index contributed by atoms with van der Waals surface area (Å²) in [5, 5.41) is 1.92. The highest BCUT2D eigenvalue weighted by atomic mass is 15.4. The van der Waals surface area contributed by atoms with Crippen molar-refractivity contribution in [2.24, 2.45) is 11.8 Å². The Hall–Kier alpha value is -0.120. The maximum absolute atomic E-state index is 5.70. The van der Waals surface area contributed by atoms with E-state index < -0.39 is 0 Å². The molecule has 1 aliphatic heterocycles. The molecule has 1 aliphatic rings. The number of hydrogen-bond acceptors (Lipinski definition) is 3. The molecule has 0 aromatic heterocycles. The molecule has 0 unspecified atom stereocenters. The van der Waals surface area contributed by atoms with Gasteiger partial charge in [0.15, 0.2) is 0 Å². The van der Waals surface area contributed by atoms with Crippen LogP contribution in [0.3, 0.4) is 0 Å². The van der Waals surface area contributed by atoms with Crippen molar-refractivity contribution in [3.8, 4) is 0 Å². The van der Waals surface area contributed by atoms with E-state index in [-0.39, 0.29) is 0 Å². The standard InChI is InChI=1S/C11H25N3/c1-11(2)5-3-4-6-13-7-9-14(12)10-8-13/h11H,3-10,12H2,1-2H3. The average molecular weight is 199 g/mol. The largest absolute Gasteiger partial charge is 0.301 e. The molecule has 0 aromatic rings. The van der Waals surface area contributed by atoms with Crippen LogP contribution in [0, 0.1) is 5.92 Å². The Morgan fingerprint density at radius 2 is 1.71 bits per heavy atom. The molecule has 0 amide bonds. The molecule has 0 atom stereocenters. The molecule has 0 spiro atoms. The zero-order valence-electron chi connectivity index (χ0n) is 9.71. The Balaban J connectivity index is 1.96. The Morgan fingerprint density at radius 3 is 2.29 bits per heavy atom. The van der Waals surface area contributed by atoms with Gasteiger partial charge in [0.05, 0.1) is 0 Å². The molecule has 1 saturated heterocycles. The number of unbranched alkanes of at least 4 members (excludes halogenated alkanes) is 1. The van der Waals surface area contributed by atoms with Crippen LogP contribution >= 0.6 is 0 Å². The van der Waals surface area contributed by atoms with Crippen LogP contribution in [-0.4, -0.2) is 42.6 Å². The minimum Gasteiger partial charge on any atom is -0.301 e. The number of piperazine rings is 1. The summed E-state index contributed by atoms with van der Waals surface area (Å²) in [7, 11) is 0. The molecule has 0 saturated carbocycles. The zero-order valence-corrected chi connectivity index (χ0v) is 9.71. The van der Waals surface area contributed by atoms with Crippen LogP contribution in [0.1, 0.15) is 33.1 Å². The number of nitrogens with zero attached hydrogens (tertiary/aromatic N) is 2. The Morgan fingerprint density at radius 1 is 1.07 bits per heavy atom. The maximum Gasteiger partial charge on any atom is 0.0257 e. The molecule has 2 N–H and O–H groups in total. The van der Waals surface area contributed by atoms with Crippen LogP contribution in [0.15, 0.2) is 0 Å². The van der Waals surface area contributed by atoms with Crippen molar-refractivity contribution in [2.45, 2.75) is 33.1 Å². The van der Waals surface area contributed by atoms with Crippen molar-refractivity contribution in [3.63, 3.8) is 0 Å². The lowest BCUT2D eigenvalue weighted by Gasteiger charge is -2.31. The molecule has 1 fully saturated rings. The van der Waals surface area contributed by atoms with Gasteiger partial charge in [0.2, 0.25) is 0 Å². The Kier molecular flexibility index (Phi) is 5.45. The minimum atomic E-state index is 0.857. The summed E-state index contributed by atoms with van der Waals surface area (Å²) in [6.45, 7) is 10.2. The molecule has 0 bridgehead atoms. The predicted molar refractivity (Wildman–Crippen MR) is 60.9 cm³/mol. The van der Waals surface area contributed by atoms with Gasteiger partial charge in [0, 0.05) is 26.2 Å². The lowest BCUT2D eigenvalue weighted by molar-refractivity contribution is 0.131. The summed E-state index contributed by atoms with van der Waals surface area (Å²) in [5.74, 6) is 6.56. The molecule has 14 heavy (non-hydrogen) atoms. The van der Waals surface area contributed by atoms with Crippen molar-refractivity contribution in [1.82, 2.24) is 9.91 Å². The highest BCUT2D eigenvalue weighted by Gasteiger charge is 2.12. The fourth-order valence-electron chi connectivity index (χ4n) is 1.87. The van der Waals surface area contributed by atoms with Gasteiger partial charge in [-0.15, -0.1) is 0 Å². The molecule has 3 nitrogen and oxygen atoms in total. The molecule has 1 heterocycles. The lowest BCUT2D eigenvalue weighted by atomic mass is 10.1. The van der Waals surface area contributed by atoms with Crippen LogP contribution in [0.4, 0.5) is 0 Å². The second-order valence-electron chi connectivity index (χ2n) is 4.77.